The minimum atomic E-state index is -3.24. The van der Waals surface area contributed by atoms with Gasteiger partial charge in [-0.3, -0.25) is 4.57 Å². The van der Waals surface area contributed by atoms with Crippen LogP contribution >= 0.6 is 7.60 Å². The molecule has 1 aromatic rings. The van der Waals surface area contributed by atoms with Gasteiger partial charge in [-0.05, 0) is 5.56 Å². The lowest BCUT2D eigenvalue weighted by molar-refractivity contribution is 0.286. The smallest absolute Gasteiger partial charge is 0.361 e. The molecule has 1 rings (SSSR count). The molecule has 0 spiro atoms. The molecular weight excluding hydrogens is 239 g/mol. The predicted octanol–water partition coefficient (Wildman–Crippen LogP) is 2.66. The Hall–Kier alpha value is -1.15. The van der Waals surface area contributed by atoms with Crippen LogP contribution in [0.15, 0.2) is 41.9 Å². The molecule has 1 N–H and O–H groups in total. The Bertz CT molecular complexity index is 453. The second-order valence-electron chi connectivity index (χ2n) is 3.18. The number of benzene rings is 1. The van der Waals surface area contributed by atoms with E-state index in [2.05, 4.69) is 5.73 Å². The summed E-state index contributed by atoms with van der Waals surface area (Å²) >= 11 is 0. The van der Waals surface area contributed by atoms with Gasteiger partial charge in [0.1, 0.15) is 0 Å². The molecule has 17 heavy (non-hydrogen) atoms. The van der Waals surface area contributed by atoms with E-state index in [4.69, 9.17) is 9.05 Å². The van der Waals surface area contributed by atoms with Crippen molar-refractivity contribution < 1.29 is 18.7 Å². The van der Waals surface area contributed by atoms with E-state index in [-0.39, 0.29) is 6.61 Å². The maximum atomic E-state index is 11.7. The normalized spacial score (nSPS) is 10.8. The Morgan fingerprint density at radius 2 is 1.94 bits per heavy atom. The first kappa shape index (κ1) is 13.9. The lowest BCUT2D eigenvalue weighted by Gasteiger charge is -2.06. The molecule has 1 aromatic carbocycles. The molecule has 0 atom stereocenters. The predicted molar refractivity (Wildman–Crippen MR) is 66.6 cm³/mol. The van der Waals surface area contributed by atoms with E-state index < -0.39 is 7.60 Å². The van der Waals surface area contributed by atoms with Gasteiger partial charge in [-0.25, -0.2) is 0 Å². The van der Waals surface area contributed by atoms with Crippen LogP contribution in [0.3, 0.4) is 0 Å². The molecule has 0 unspecified atom stereocenters. The van der Waals surface area contributed by atoms with Gasteiger partial charge in [0.05, 0.1) is 12.4 Å². The van der Waals surface area contributed by atoms with Gasteiger partial charge >= 0.3 is 7.60 Å². The third-order valence-corrected chi connectivity index (χ3v) is 3.65. The number of rotatable bonds is 5. The van der Waals surface area contributed by atoms with E-state index >= 15 is 0 Å². The average Bonchev–Trinajstić information content (AvgIpc) is 2.40. The minimum Gasteiger partial charge on any atom is -0.391 e. The van der Waals surface area contributed by atoms with Crippen molar-refractivity contribution >= 4 is 13.2 Å². The highest BCUT2D eigenvalue weighted by Crippen LogP contribution is 2.47. The topological polar surface area (TPSA) is 55.8 Å². The summed E-state index contributed by atoms with van der Waals surface area (Å²) in [5.74, 6) is 1.21. The van der Waals surface area contributed by atoms with Crippen LogP contribution in [0.4, 0.5) is 0 Å². The molecule has 92 valence electrons. The second kappa shape index (κ2) is 6.55. The van der Waals surface area contributed by atoms with Crippen LogP contribution in [0.25, 0.3) is 5.57 Å². The number of aliphatic hydroxyl groups excluding tert-OH is 1. The molecule has 0 aliphatic carbocycles. The van der Waals surface area contributed by atoms with Gasteiger partial charge < -0.3 is 14.2 Å². The van der Waals surface area contributed by atoms with E-state index in [1.165, 1.54) is 20.0 Å². The van der Waals surface area contributed by atoms with Crippen molar-refractivity contribution in [3.63, 3.8) is 0 Å². The molecule has 0 heterocycles. The van der Waals surface area contributed by atoms with Crippen LogP contribution < -0.4 is 0 Å². The molecule has 0 aromatic heterocycles. The number of hydrogen-bond acceptors (Lipinski definition) is 4. The first-order chi connectivity index (χ1) is 8.15. The Morgan fingerprint density at radius 3 is 2.41 bits per heavy atom. The molecule has 0 fully saturated rings. The van der Waals surface area contributed by atoms with Gasteiger partial charge in [0, 0.05) is 19.8 Å². The Labute approximate surface area is 101 Å². The molecule has 0 saturated heterocycles. The Kier molecular flexibility index (Phi) is 5.36. The van der Waals surface area contributed by atoms with Crippen molar-refractivity contribution in [1.29, 1.82) is 0 Å². The SMILES string of the molecule is COP(=O)(C=C=C(CO)c1ccccc1)OC. The highest BCUT2D eigenvalue weighted by molar-refractivity contribution is 7.57. The van der Waals surface area contributed by atoms with Gasteiger partial charge in [-0.2, -0.15) is 0 Å². The molecule has 5 heteroatoms. The van der Waals surface area contributed by atoms with E-state index in [0.29, 0.717) is 5.57 Å². The molecule has 0 radical (unpaired) electrons. The molecule has 4 nitrogen and oxygen atoms in total. The quantitative estimate of drug-likeness (QED) is 0.648. The fourth-order valence-corrected chi connectivity index (χ4v) is 1.87. The highest BCUT2D eigenvalue weighted by Gasteiger charge is 2.15. The summed E-state index contributed by atoms with van der Waals surface area (Å²) in [5, 5.41) is 9.23. The van der Waals surface area contributed by atoms with Crippen LogP contribution in [0.1, 0.15) is 5.56 Å². The van der Waals surface area contributed by atoms with Crippen molar-refractivity contribution in [2.75, 3.05) is 20.8 Å². The van der Waals surface area contributed by atoms with Crippen molar-refractivity contribution in [1.82, 2.24) is 0 Å². The number of aliphatic hydroxyl groups is 1. The van der Waals surface area contributed by atoms with Gasteiger partial charge in [-0.15, -0.1) is 5.73 Å². The Morgan fingerprint density at radius 1 is 1.35 bits per heavy atom. The summed E-state index contributed by atoms with van der Waals surface area (Å²) in [5.41, 5.74) is 4.09. The molecule has 0 bridgehead atoms. The average molecular weight is 254 g/mol. The van der Waals surface area contributed by atoms with Crippen molar-refractivity contribution in [2.24, 2.45) is 0 Å². The van der Waals surface area contributed by atoms with Crippen molar-refractivity contribution in [3.05, 3.63) is 47.4 Å². The Balaban J connectivity index is 3.11. The minimum absolute atomic E-state index is 0.200. The summed E-state index contributed by atoms with van der Waals surface area (Å²) in [7, 11) is -0.646. The van der Waals surface area contributed by atoms with Gasteiger partial charge in [0.15, 0.2) is 0 Å². The maximum Gasteiger partial charge on any atom is 0.361 e. The van der Waals surface area contributed by atoms with Crippen LogP contribution in [0.2, 0.25) is 0 Å². The fraction of sp³-hybridized carbons (Fsp3) is 0.250. The zero-order valence-electron chi connectivity index (χ0n) is 9.79. The van der Waals surface area contributed by atoms with Crippen molar-refractivity contribution in [2.45, 2.75) is 0 Å². The van der Waals surface area contributed by atoms with Crippen LogP contribution in [-0.2, 0) is 13.6 Å². The van der Waals surface area contributed by atoms with E-state index in [9.17, 15) is 9.67 Å². The monoisotopic (exact) mass is 254 g/mol. The maximum absolute atomic E-state index is 11.7. The van der Waals surface area contributed by atoms with E-state index in [1.807, 2.05) is 30.3 Å². The molecule has 0 saturated carbocycles. The summed E-state index contributed by atoms with van der Waals surface area (Å²) < 4.78 is 21.2. The summed E-state index contributed by atoms with van der Waals surface area (Å²) in [4.78, 5) is 0. The standard InChI is InChI=1S/C12H15O4P/c1-15-17(14,16-2)9-8-12(10-13)11-6-4-3-5-7-11/h3-7,9,13H,10H2,1-2H3. The number of hydrogen-bond donors (Lipinski definition) is 1. The molecule has 0 aliphatic rings. The van der Waals surface area contributed by atoms with Gasteiger partial charge in [0.25, 0.3) is 0 Å². The summed E-state index contributed by atoms with van der Waals surface area (Å²) in [6.45, 7) is -0.200. The highest BCUT2D eigenvalue weighted by atomic mass is 31.2. The zero-order chi connectivity index (χ0) is 12.7. The summed E-state index contributed by atoms with van der Waals surface area (Å²) in [6, 6.07) is 9.23. The van der Waals surface area contributed by atoms with Gasteiger partial charge in [0.2, 0.25) is 0 Å². The van der Waals surface area contributed by atoms with Crippen molar-refractivity contribution in [3.8, 4) is 0 Å². The molecule has 0 amide bonds. The second-order valence-corrected chi connectivity index (χ2v) is 5.25. The summed E-state index contributed by atoms with van der Waals surface area (Å²) in [6.07, 6.45) is 0. The molecular formula is C12H15O4P. The van der Waals surface area contributed by atoms with Gasteiger partial charge in [-0.1, -0.05) is 30.3 Å². The van der Waals surface area contributed by atoms with Crippen LogP contribution in [0, 0.1) is 0 Å². The van der Waals surface area contributed by atoms with Crippen LogP contribution in [-0.4, -0.2) is 25.9 Å². The van der Waals surface area contributed by atoms with E-state index in [0.717, 1.165) is 5.56 Å². The first-order valence-electron chi connectivity index (χ1n) is 4.99. The lowest BCUT2D eigenvalue weighted by Crippen LogP contribution is -1.88. The fourth-order valence-electron chi connectivity index (χ4n) is 1.20. The third kappa shape index (κ3) is 3.97. The first-order valence-corrected chi connectivity index (χ1v) is 6.60. The van der Waals surface area contributed by atoms with Crippen LogP contribution in [0.5, 0.6) is 0 Å². The third-order valence-electron chi connectivity index (χ3n) is 2.19. The molecule has 0 aliphatic heterocycles. The largest absolute Gasteiger partial charge is 0.391 e. The lowest BCUT2D eigenvalue weighted by atomic mass is 10.1. The van der Waals surface area contributed by atoms with E-state index in [1.54, 1.807) is 0 Å². The zero-order valence-corrected chi connectivity index (χ0v) is 10.7.